The summed E-state index contributed by atoms with van der Waals surface area (Å²) >= 11 is 0. The van der Waals surface area contributed by atoms with Crippen molar-refractivity contribution in [1.82, 2.24) is 14.6 Å². The molecule has 124 valence electrons. The lowest BCUT2D eigenvalue weighted by atomic mass is 10.1. The Morgan fingerprint density at radius 3 is 2.71 bits per heavy atom. The first-order valence-corrected chi connectivity index (χ1v) is 7.51. The maximum Gasteiger partial charge on any atom is 0.222 e. The van der Waals surface area contributed by atoms with Crippen LogP contribution in [0.25, 0.3) is 16.9 Å². The van der Waals surface area contributed by atoms with E-state index in [2.05, 4.69) is 10.1 Å². The summed E-state index contributed by atoms with van der Waals surface area (Å²) in [5.74, 6) is 0.128. The molecule has 0 aliphatic heterocycles. The van der Waals surface area contributed by atoms with Gasteiger partial charge in [0.05, 0.1) is 12.1 Å². The Balaban J connectivity index is 2.07. The topological polar surface area (TPSA) is 82.5 Å². The molecule has 3 aromatic rings. The number of nitrogens with zero attached hydrogens (tertiary/aromatic N) is 3. The Hall–Kier alpha value is -2.96. The molecule has 24 heavy (non-hydrogen) atoms. The highest BCUT2D eigenvalue weighted by molar-refractivity contribution is 5.83. The zero-order valence-electron chi connectivity index (χ0n) is 13.2. The van der Waals surface area contributed by atoms with Gasteiger partial charge in [-0.25, -0.2) is 13.9 Å². The summed E-state index contributed by atoms with van der Waals surface area (Å²) in [5, 5.41) is 4.57. The van der Waals surface area contributed by atoms with Gasteiger partial charge in [-0.1, -0.05) is 0 Å². The van der Waals surface area contributed by atoms with E-state index >= 15 is 0 Å². The number of hydrogen-bond acceptors (Lipinski definition) is 4. The molecule has 0 saturated carbocycles. The molecule has 0 aliphatic rings. The quantitative estimate of drug-likeness (QED) is 0.751. The van der Waals surface area contributed by atoms with Gasteiger partial charge in [-0.15, -0.1) is 0 Å². The fourth-order valence-corrected chi connectivity index (χ4v) is 2.54. The van der Waals surface area contributed by atoms with Crippen LogP contribution in [-0.2, 0) is 11.2 Å². The normalized spacial score (nSPS) is 10.9. The molecule has 0 radical (unpaired) electrons. The number of hydrogen-bond donors (Lipinski definition) is 1. The Labute approximate surface area is 138 Å². The largest absolute Gasteiger partial charge is 0.491 e. The number of ether oxygens (including phenoxy) is 1. The van der Waals surface area contributed by atoms with Gasteiger partial charge in [-0.3, -0.25) is 4.79 Å². The minimum atomic E-state index is -0.540. The summed E-state index contributed by atoms with van der Waals surface area (Å²) in [7, 11) is 0. The average molecular weight is 328 g/mol. The smallest absolute Gasteiger partial charge is 0.222 e. The van der Waals surface area contributed by atoms with Crippen LogP contribution in [0.15, 0.2) is 36.5 Å². The van der Waals surface area contributed by atoms with Crippen molar-refractivity contribution in [3.63, 3.8) is 0 Å². The zero-order chi connectivity index (χ0) is 17.1. The molecule has 2 heterocycles. The Morgan fingerprint density at radius 1 is 1.29 bits per heavy atom. The number of rotatable bonds is 6. The molecule has 3 rings (SSSR count). The highest BCUT2D eigenvalue weighted by Crippen LogP contribution is 2.28. The van der Waals surface area contributed by atoms with Crippen molar-refractivity contribution in [1.29, 1.82) is 0 Å². The predicted molar refractivity (Wildman–Crippen MR) is 87.5 cm³/mol. The zero-order valence-corrected chi connectivity index (χ0v) is 13.2. The molecule has 0 unspecified atom stereocenters. The summed E-state index contributed by atoms with van der Waals surface area (Å²) in [6.45, 7) is 1.39. The predicted octanol–water partition coefficient (Wildman–Crippen LogP) is 2.08. The molecule has 0 atom stereocenters. The first-order chi connectivity index (χ1) is 11.6. The van der Waals surface area contributed by atoms with Crippen LogP contribution in [0.3, 0.4) is 0 Å². The van der Waals surface area contributed by atoms with Crippen molar-refractivity contribution >= 4 is 11.6 Å². The molecule has 0 fully saturated rings. The van der Waals surface area contributed by atoms with Crippen molar-refractivity contribution < 1.29 is 13.9 Å². The number of primary amides is 1. The second kappa shape index (κ2) is 6.66. The van der Waals surface area contributed by atoms with Gasteiger partial charge in [-0.05, 0) is 37.3 Å². The lowest BCUT2D eigenvalue weighted by molar-refractivity contribution is -0.117. The Morgan fingerprint density at radius 2 is 2.04 bits per heavy atom. The van der Waals surface area contributed by atoms with Gasteiger partial charge in [0.2, 0.25) is 5.91 Å². The van der Waals surface area contributed by atoms with Crippen molar-refractivity contribution in [3.8, 4) is 17.0 Å². The van der Waals surface area contributed by atoms with Gasteiger partial charge in [0.15, 0.2) is 5.65 Å². The third-order valence-corrected chi connectivity index (χ3v) is 3.63. The minimum absolute atomic E-state index is 0.0176. The van der Waals surface area contributed by atoms with E-state index in [1.165, 1.54) is 0 Å². The SMILES string of the molecule is Cc1ccnc2c(CC(N)=O)c(-c3ccc(OCCF)cc3)nn12. The third kappa shape index (κ3) is 3.05. The van der Waals surface area contributed by atoms with Gasteiger partial charge in [0.25, 0.3) is 0 Å². The average Bonchev–Trinajstić information content (AvgIpc) is 2.93. The van der Waals surface area contributed by atoms with Gasteiger partial charge in [0, 0.05) is 23.0 Å². The number of aryl methyl sites for hydroxylation is 1. The van der Waals surface area contributed by atoms with Crippen LogP contribution in [0.4, 0.5) is 4.39 Å². The molecule has 0 spiro atoms. The number of aromatic nitrogens is 3. The lowest BCUT2D eigenvalue weighted by Gasteiger charge is -2.05. The number of nitrogens with two attached hydrogens (primary N) is 1. The van der Waals surface area contributed by atoms with Crippen molar-refractivity contribution in [2.24, 2.45) is 5.73 Å². The van der Waals surface area contributed by atoms with E-state index in [0.717, 1.165) is 11.3 Å². The molecular weight excluding hydrogens is 311 g/mol. The number of carbonyl (C=O) groups excluding carboxylic acids is 1. The van der Waals surface area contributed by atoms with Crippen LogP contribution < -0.4 is 10.5 Å². The summed E-state index contributed by atoms with van der Waals surface area (Å²) in [6, 6.07) is 8.95. The van der Waals surface area contributed by atoms with Crippen LogP contribution in [-0.4, -0.2) is 33.8 Å². The first-order valence-electron chi connectivity index (χ1n) is 7.51. The molecule has 6 nitrogen and oxygen atoms in total. The van der Waals surface area contributed by atoms with Crippen molar-refractivity contribution in [2.45, 2.75) is 13.3 Å². The molecular formula is C17H17FN4O2. The number of fused-ring (bicyclic) bond motifs is 1. The number of carbonyl (C=O) groups is 1. The highest BCUT2D eigenvalue weighted by atomic mass is 19.1. The molecule has 1 amide bonds. The molecule has 1 aromatic carbocycles. The number of alkyl halides is 1. The monoisotopic (exact) mass is 328 g/mol. The highest BCUT2D eigenvalue weighted by Gasteiger charge is 2.18. The van der Waals surface area contributed by atoms with Gasteiger partial charge in [0.1, 0.15) is 19.0 Å². The summed E-state index contributed by atoms with van der Waals surface area (Å²) < 4.78 is 19.1. The van der Waals surface area contributed by atoms with Gasteiger partial charge < -0.3 is 10.5 Å². The summed E-state index contributed by atoms with van der Waals surface area (Å²) in [6.07, 6.45) is 1.73. The van der Waals surface area contributed by atoms with Crippen LogP contribution in [0.1, 0.15) is 11.3 Å². The summed E-state index contributed by atoms with van der Waals surface area (Å²) in [4.78, 5) is 15.8. The Kier molecular flexibility index (Phi) is 4.41. The van der Waals surface area contributed by atoms with Crippen LogP contribution in [0.2, 0.25) is 0 Å². The molecule has 0 bridgehead atoms. The van der Waals surface area contributed by atoms with E-state index in [1.54, 1.807) is 22.8 Å². The minimum Gasteiger partial charge on any atom is -0.491 e. The fourth-order valence-electron chi connectivity index (χ4n) is 2.54. The third-order valence-electron chi connectivity index (χ3n) is 3.63. The van der Waals surface area contributed by atoms with E-state index in [1.807, 2.05) is 25.1 Å². The summed E-state index contributed by atoms with van der Waals surface area (Å²) in [5.41, 5.74) is 9.03. The van der Waals surface area contributed by atoms with Gasteiger partial charge in [-0.2, -0.15) is 5.10 Å². The molecule has 2 N–H and O–H groups in total. The molecule has 2 aromatic heterocycles. The fraction of sp³-hybridized carbons (Fsp3) is 0.235. The van der Waals surface area contributed by atoms with Crippen LogP contribution in [0, 0.1) is 6.92 Å². The maximum atomic E-state index is 12.2. The standard InChI is InChI=1S/C17H17FN4O2/c1-11-6-8-20-17-14(10-15(19)23)16(21-22(11)17)12-2-4-13(5-3-12)24-9-7-18/h2-6,8H,7,9-10H2,1H3,(H2,19,23). The number of amides is 1. The first kappa shape index (κ1) is 15.9. The second-order valence-electron chi connectivity index (χ2n) is 5.35. The lowest BCUT2D eigenvalue weighted by Crippen LogP contribution is -2.14. The van der Waals surface area contributed by atoms with Gasteiger partial charge >= 0.3 is 0 Å². The van der Waals surface area contributed by atoms with Crippen LogP contribution >= 0.6 is 0 Å². The van der Waals surface area contributed by atoms with E-state index < -0.39 is 12.6 Å². The maximum absolute atomic E-state index is 12.2. The molecule has 0 aliphatic carbocycles. The van der Waals surface area contributed by atoms with E-state index in [9.17, 15) is 9.18 Å². The second-order valence-corrected chi connectivity index (χ2v) is 5.35. The molecule has 0 saturated heterocycles. The number of halogens is 1. The molecule has 7 heteroatoms. The van der Waals surface area contributed by atoms with Crippen molar-refractivity contribution in [3.05, 3.63) is 47.8 Å². The van der Waals surface area contributed by atoms with E-state index in [-0.39, 0.29) is 13.0 Å². The van der Waals surface area contributed by atoms with E-state index in [0.29, 0.717) is 22.7 Å². The van der Waals surface area contributed by atoms with Crippen LogP contribution in [0.5, 0.6) is 5.75 Å². The Bertz CT molecular complexity index is 874. The number of benzene rings is 1. The van der Waals surface area contributed by atoms with E-state index in [4.69, 9.17) is 10.5 Å². The van der Waals surface area contributed by atoms with Crippen molar-refractivity contribution in [2.75, 3.05) is 13.3 Å².